The molecule has 1 saturated heterocycles. The van der Waals surface area contributed by atoms with Crippen LogP contribution in [0.15, 0.2) is 17.2 Å². The van der Waals surface area contributed by atoms with Crippen LogP contribution in [0, 0.1) is 0 Å². The Bertz CT molecular complexity index is 473. The van der Waals surface area contributed by atoms with Crippen LogP contribution in [0.25, 0.3) is 0 Å². The second kappa shape index (κ2) is 4.25. The lowest BCUT2D eigenvalue weighted by Crippen LogP contribution is -2.14. The van der Waals surface area contributed by atoms with E-state index in [2.05, 4.69) is 25.5 Å². The Hall–Kier alpha value is -1.76. The SMILES string of the molecule is CC(c1nc(C2CCCN2)no1)n1cncn1. The zero-order chi connectivity index (χ0) is 11.7. The summed E-state index contributed by atoms with van der Waals surface area (Å²) in [5.41, 5.74) is 0. The van der Waals surface area contributed by atoms with Crippen LogP contribution >= 0.6 is 0 Å². The first-order chi connectivity index (χ1) is 8.34. The zero-order valence-corrected chi connectivity index (χ0v) is 9.58. The van der Waals surface area contributed by atoms with Crippen LogP contribution in [0.5, 0.6) is 0 Å². The topological polar surface area (TPSA) is 81.7 Å². The molecule has 1 N–H and O–H groups in total. The first-order valence-electron chi connectivity index (χ1n) is 5.75. The van der Waals surface area contributed by atoms with Crippen LogP contribution in [0.3, 0.4) is 0 Å². The summed E-state index contributed by atoms with van der Waals surface area (Å²) in [6.07, 6.45) is 5.36. The molecule has 0 aromatic carbocycles. The van der Waals surface area contributed by atoms with Crippen LogP contribution < -0.4 is 5.32 Å². The number of hydrogen-bond donors (Lipinski definition) is 1. The lowest BCUT2D eigenvalue weighted by Gasteiger charge is -2.05. The van der Waals surface area contributed by atoms with Crippen molar-refractivity contribution in [2.75, 3.05) is 6.54 Å². The number of nitrogens with zero attached hydrogens (tertiary/aromatic N) is 5. The fraction of sp³-hybridized carbons (Fsp3) is 0.600. The molecule has 0 saturated carbocycles. The van der Waals surface area contributed by atoms with Gasteiger partial charge in [0, 0.05) is 0 Å². The zero-order valence-electron chi connectivity index (χ0n) is 9.58. The second-order valence-electron chi connectivity index (χ2n) is 4.19. The first kappa shape index (κ1) is 10.4. The highest BCUT2D eigenvalue weighted by Crippen LogP contribution is 2.22. The Morgan fingerprint density at radius 2 is 2.53 bits per heavy atom. The molecule has 0 amide bonds. The summed E-state index contributed by atoms with van der Waals surface area (Å²) >= 11 is 0. The summed E-state index contributed by atoms with van der Waals surface area (Å²) in [6, 6.07) is 0.149. The van der Waals surface area contributed by atoms with Gasteiger partial charge in [-0.05, 0) is 26.3 Å². The van der Waals surface area contributed by atoms with Crippen LogP contribution in [-0.2, 0) is 0 Å². The Kier molecular flexibility index (Phi) is 2.60. The normalized spacial score (nSPS) is 21.8. The highest BCUT2D eigenvalue weighted by Gasteiger charge is 2.24. The van der Waals surface area contributed by atoms with Crippen molar-refractivity contribution in [2.24, 2.45) is 0 Å². The van der Waals surface area contributed by atoms with Crippen molar-refractivity contribution < 1.29 is 4.52 Å². The van der Waals surface area contributed by atoms with Crippen molar-refractivity contribution in [3.8, 4) is 0 Å². The van der Waals surface area contributed by atoms with Crippen LogP contribution in [-0.4, -0.2) is 31.4 Å². The predicted octanol–water partition coefficient (Wildman–Crippen LogP) is 0.695. The molecular formula is C10H14N6O. The second-order valence-corrected chi connectivity index (χ2v) is 4.19. The van der Waals surface area contributed by atoms with Gasteiger partial charge < -0.3 is 9.84 Å². The summed E-state index contributed by atoms with van der Waals surface area (Å²) in [5.74, 6) is 1.31. The Labute approximate surface area is 98.2 Å². The molecule has 1 fully saturated rings. The highest BCUT2D eigenvalue weighted by atomic mass is 16.5. The minimum absolute atomic E-state index is 0.0832. The first-order valence-corrected chi connectivity index (χ1v) is 5.75. The monoisotopic (exact) mass is 234 g/mol. The maximum atomic E-state index is 5.27. The summed E-state index contributed by atoms with van der Waals surface area (Å²) in [7, 11) is 0. The van der Waals surface area contributed by atoms with Gasteiger partial charge >= 0.3 is 0 Å². The molecule has 0 radical (unpaired) electrons. The van der Waals surface area contributed by atoms with Crippen molar-refractivity contribution in [1.82, 2.24) is 30.2 Å². The van der Waals surface area contributed by atoms with E-state index in [1.807, 2.05) is 6.92 Å². The van der Waals surface area contributed by atoms with E-state index >= 15 is 0 Å². The molecule has 2 atom stereocenters. The molecular weight excluding hydrogens is 220 g/mol. The smallest absolute Gasteiger partial charge is 0.251 e. The molecule has 2 aromatic rings. The molecule has 90 valence electrons. The van der Waals surface area contributed by atoms with Gasteiger partial charge in [0.15, 0.2) is 5.82 Å². The average Bonchev–Trinajstić information content (AvgIpc) is 3.09. The molecule has 0 bridgehead atoms. The molecule has 0 aliphatic carbocycles. The van der Waals surface area contributed by atoms with E-state index < -0.39 is 0 Å². The third-order valence-corrected chi connectivity index (χ3v) is 3.02. The Morgan fingerprint density at radius 1 is 1.59 bits per heavy atom. The molecule has 2 unspecified atom stereocenters. The van der Waals surface area contributed by atoms with E-state index in [1.165, 1.54) is 6.33 Å². The van der Waals surface area contributed by atoms with Gasteiger partial charge in [0.1, 0.15) is 18.7 Å². The largest absolute Gasteiger partial charge is 0.337 e. The lowest BCUT2D eigenvalue weighted by molar-refractivity contribution is 0.330. The third-order valence-electron chi connectivity index (χ3n) is 3.02. The van der Waals surface area contributed by atoms with Gasteiger partial charge in [-0.1, -0.05) is 5.16 Å². The van der Waals surface area contributed by atoms with Crippen molar-refractivity contribution in [3.05, 3.63) is 24.4 Å². The van der Waals surface area contributed by atoms with Crippen LogP contribution in [0.1, 0.15) is 43.6 Å². The minimum atomic E-state index is -0.0832. The fourth-order valence-electron chi connectivity index (χ4n) is 1.99. The number of rotatable bonds is 3. The maximum absolute atomic E-state index is 5.27. The average molecular weight is 234 g/mol. The van der Waals surface area contributed by atoms with Gasteiger partial charge in [-0.25, -0.2) is 9.67 Å². The van der Waals surface area contributed by atoms with Crippen molar-refractivity contribution in [1.29, 1.82) is 0 Å². The van der Waals surface area contributed by atoms with E-state index in [9.17, 15) is 0 Å². The molecule has 1 aliphatic rings. The van der Waals surface area contributed by atoms with Crippen molar-refractivity contribution >= 4 is 0 Å². The van der Waals surface area contributed by atoms with Crippen molar-refractivity contribution in [2.45, 2.75) is 31.8 Å². The molecule has 2 aromatic heterocycles. The summed E-state index contributed by atoms with van der Waals surface area (Å²) in [4.78, 5) is 8.32. The van der Waals surface area contributed by atoms with Gasteiger partial charge in [0.2, 0.25) is 0 Å². The molecule has 0 spiro atoms. The third kappa shape index (κ3) is 1.93. The van der Waals surface area contributed by atoms with Gasteiger partial charge in [-0.15, -0.1) is 0 Å². The van der Waals surface area contributed by atoms with Crippen LogP contribution in [0.2, 0.25) is 0 Å². The fourth-order valence-corrected chi connectivity index (χ4v) is 1.99. The van der Waals surface area contributed by atoms with Gasteiger partial charge in [0.25, 0.3) is 5.89 Å². The summed E-state index contributed by atoms with van der Waals surface area (Å²) in [5, 5.41) is 11.4. The van der Waals surface area contributed by atoms with E-state index in [1.54, 1.807) is 11.0 Å². The van der Waals surface area contributed by atoms with Crippen molar-refractivity contribution in [3.63, 3.8) is 0 Å². The molecule has 17 heavy (non-hydrogen) atoms. The van der Waals surface area contributed by atoms with Gasteiger partial charge in [0.05, 0.1) is 6.04 Å². The minimum Gasteiger partial charge on any atom is -0.337 e. The van der Waals surface area contributed by atoms with Gasteiger partial charge in [-0.2, -0.15) is 10.1 Å². The molecule has 3 rings (SSSR count). The predicted molar refractivity (Wildman–Crippen MR) is 58.1 cm³/mol. The Balaban J connectivity index is 1.80. The molecule has 1 aliphatic heterocycles. The Morgan fingerprint density at radius 3 is 3.24 bits per heavy atom. The number of aromatic nitrogens is 5. The highest BCUT2D eigenvalue weighted by molar-refractivity contribution is 4.99. The quantitative estimate of drug-likeness (QED) is 0.841. The van der Waals surface area contributed by atoms with Crippen LogP contribution in [0.4, 0.5) is 0 Å². The molecule has 7 heteroatoms. The maximum Gasteiger partial charge on any atom is 0.251 e. The lowest BCUT2D eigenvalue weighted by atomic mass is 10.2. The summed E-state index contributed by atoms with van der Waals surface area (Å²) in [6.45, 7) is 2.97. The molecule has 7 nitrogen and oxygen atoms in total. The number of nitrogens with one attached hydrogen (secondary N) is 1. The van der Waals surface area contributed by atoms with E-state index in [0.29, 0.717) is 5.89 Å². The summed E-state index contributed by atoms with van der Waals surface area (Å²) < 4.78 is 6.97. The number of hydrogen-bond acceptors (Lipinski definition) is 6. The van der Waals surface area contributed by atoms with E-state index in [0.717, 1.165) is 25.2 Å². The van der Waals surface area contributed by atoms with Gasteiger partial charge in [-0.3, -0.25) is 0 Å². The standard InChI is InChI=1S/C10H14N6O/c1-7(16-6-11-5-13-16)10-14-9(15-17-10)8-3-2-4-12-8/h5-8,12H,2-4H2,1H3. The van der Waals surface area contributed by atoms with E-state index in [4.69, 9.17) is 4.52 Å². The molecule has 3 heterocycles. The van der Waals surface area contributed by atoms with E-state index in [-0.39, 0.29) is 12.1 Å².